The van der Waals surface area contributed by atoms with Crippen LogP contribution in [-0.2, 0) is 9.63 Å². The molecule has 2 aliphatic rings. The standard InChI is InChI=1S/C7H11NO2/c9-6-7(5-10-8-6)3-1-2-4-7/h1-5H2,(H,8,9). The first kappa shape index (κ1) is 6.16. The molecular weight excluding hydrogens is 130 g/mol. The van der Waals surface area contributed by atoms with Crippen molar-refractivity contribution in [2.24, 2.45) is 5.41 Å². The van der Waals surface area contributed by atoms with E-state index in [1.807, 2.05) is 0 Å². The van der Waals surface area contributed by atoms with E-state index in [2.05, 4.69) is 5.48 Å². The highest BCUT2D eigenvalue weighted by molar-refractivity contribution is 5.83. The van der Waals surface area contributed by atoms with Crippen molar-refractivity contribution < 1.29 is 9.63 Å². The van der Waals surface area contributed by atoms with Crippen LogP contribution in [0.1, 0.15) is 25.7 Å². The van der Waals surface area contributed by atoms with Crippen molar-refractivity contribution in [3.05, 3.63) is 0 Å². The average Bonchev–Trinajstić information content (AvgIpc) is 2.48. The molecule has 10 heavy (non-hydrogen) atoms. The van der Waals surface area contributed by atoms with Crippen LogP contribution in [0.3, 0.4) is 0 Å². The first-order valence-corrected chi connectivity index (χ1v) is 3.76. The van der Waals surface area contributed by atoms with E-state index in [-0.39, 0.29) is 11.3 Å². The molecular formula is C7H11NO2. The number of hydrogen-bond acceptors (Lipinski definition) is 2. The molecule has 0 aromatic heterocycles. The quantitative estimate of drug-likeness (QED) is 0.536. The molecule has 0 bridgehead atoms. The summed E-state index contributed by atoms with van der Waals surface area (Å²) in [6.07, 6.45) is 4.38. The summed E-state index contributed by atoms with van der Waals surface area (Å²) in [5, 5.41) is 0. The van der Waals surface area contributed by atoms with Gasteiger partial charge in [0, 0.05) is 0 Å². The van der Waals surface area contributed by atoms with Crippen molar-refractivity contribution in [2.75, 3.05) is 6.61 Å². The van der Waals surface area contributed by atoms with Crippen molar-refractivity contribution in [1.29, 1.82) is 0 Å². The summed E-state index contributed by atoms with van der Waals surface area (Å²) in [6.45, 7) is 0.589. The second-order valence-electron chi connectivity index (χ2n) is 3.21. The molecule has 3 heteroatoms. The van der Waals surface area contributed by atoms with E-state index in [1.165, 1.54) is 12.8 Å². The highest BCUT2D eigenvalue weighted by atomic mass is 16.7. The Morgan fingerprint density at radius 1 is 1.40 bits per heavy atom. The highest BCUT2D eigenvalue weighted by Gasteiger charge is 2.45. The average molecular weight is 141 g/mol. The van der Waals surface area contributed by atoms with Gasteiger partial charge in [-0.15, -0.1) is 0 Å². The van der Waals surface area contributed by atoms with Gasteiger partial charge in [0.25, 0.3) is 5.91 Å². The van der Waals surface area contributed by atoms with Crippen LogP contribution >= 0.6 is 0 Å². The minimum absolute atomic E-state index is 0.102. The minimum atomic E-state index is -0.125. The topological polar surface area (TPSA) is 38.3 Å². The van der Waals surface area contributed by atoms with Crippen LogP contribution in [0.5, 0.6) is 0 Å². The van der Waals surface area contributed by atoms with Gasteiger partial charge < -0.3 is 0 Å². The number of hydrogen-bond donors (Lipinski definition) is 1. The van der Waals surface area contributed by atoms with Crippen LogP contribution < -0.4 is 5.48 Å². The van der Waals surface area contributed by atoms with Crippen molar-refractivity contribution >= 4 is 5.91 Å². The van der Waals surface area contributed by atoms with Gasteiger partial charge in [-0.3, -0.25) is 9.63 Å². The fourth-order valence-corrected chi connectivity index (χ4v) is 1.84. The molecule has 1 spiro atoms. The number of carbonyl (C=O) groups is 1. The molecule has 0 unspecified atom stereocenters. The lowest BCUT2D eigenvalue weighted by molar-refractivity contribution is -0.129. The number of amides is 1. The van der Waals surface area contributed by atoms with Crippen LogP contribution in [0.15, 0.2) is 0 Å². The van der Waals surface area contributed by atoms with Gasteiger partial charge in [0.15, 0.2) is 0 Å². The Balaban J connectivity index is 2.19. The van der Waals surface area contributed by atoms with Gasteiger partial charge in [0.2, 0.25) is 0 Å². The third kappa shape index (κ3) is 0.669. The predicted molar refractivity (Wildman–Crippen MR) is 35.0 cm³/mol. The lowest BCUT2D eigenvalue weighted by atomic mass is 9.87. The van der Waals surface area contributed by atoms with Gasteiger partial charge in [-0.25, -0.2) is 5.48 Å². The summed E-state index contributed by atoms with van der Waals surface area (Å²) in [5.41, 5.74) is 2.29. The van der Waals surface area contributed by atoms with E-state index in [0.29, 0.717) is 6.61 Å². The molecule has 3 nitrogen and oxygen atoms in total. The zero-order valence-corrected chi connectivity index (χ0v) is 5.85. The molecule has 0 radical (unpaired) electrons. The van der Waals surface area contributed by atoms with E-state index in [0.717, 1.165) is 12.8 Å². The summed E-state index contributed by atoms with van der Waals surface area (Å²) >= 11 is 0. The van der Waals surface area contributed by atoms with Crippen LogP contribution in [0.25, 0.3) is 0 Å². The van der Waals surface area contributed by atoms with Crippen LogP contribution in [0.4, 0.5) is 0 Å². The maximum atomic E-state index is 11.2. The van der Waals surface area contributed by atoms with Crippen LogP contribution in [0.2, 0.25) is 0 Å². The zero-order chi connectivity index (χ0) is 7.03. The molecule has 1 heterocycles. The first-order chi connectivity index (χ1) is 4.83. The predicted octanol–water partition coefficient (Wildman–Crippen LogP) is 0.608. The number of nitrogens with one attached hydrogen (secondary N) is 1. The monoisotopic (exact) mass is 141 g/mol. The van der Waals surface area contributed by atoms with Gasteiger partial charge in [-0.2, -0.15) is 0 Å². The Kier molecular flexibility index (Phi) is 1.20. The molecule has 1 saturated carbocycles. The van der Waals surface area contributed by atoms with Crippen molar-refractivity contribution in [3.8, 4) is 0 Å². The van der Waals surface area contributed by atoms with E-state index in [1.54, 1.807) is 0 Å². The lowest BCUT2D eigenvalue weighted by Crippen LogP contribution is -2.29. The Labute approximate surface area is 59.7 Å². The fraction of sp³-hybridized carbons (Fsp3) is 0.857. The molecule has 56 valence electrons. The fourth-order valence-electron chi connectivity index (χ4n) is 1.84. The third-order valence-electron chi connectivity index (χ3n) is 2.56. The molecule has 1 aliphatic carbocycles. The van der Waals surface area contributed by atoms with Crippen LogP contribution in [0, 0.1) is 5.41 Å². The Bertz CT molecular complexity index is 155. The van der Waals surface area contributed by atoms with Crippen LogP contribution in [-0.4, -0.2) is 12.5 Å². The highest BCUT2D eigenvalue weighted by Crippen LogP contribution is 2.40. The molecule has 0 aromatic carbocycles. The maximum Gasteiger partial charge on any atom is 0.252 e. The molecule has 1 aliphatic heterocycles. The third-order valence-corrected chi connectivity index (χ3v) is 2.56. The molecule has 1 amide bonds. The summed E-state index contributed by atoms with van der Waals surface area (Å²) in [5.74, 6) is 0.102. The Morgan fingerprint density at radius 3 is 2.60 bits per heavy atom. The number of carbonyl (C=O) groups excluding carboxylic acids is 1. The summed E-state index contributed by atoms with van der Waals surface area (Å²) in [6, 6.07) is 0. The van der Waals surface area contributed by atoms with E-state index in [9.17, 15) is 4.79 Å². The van der Waals surface area contributed by atoms with Gasteiger partial charge in [-0.05, 0) is 12.8 Å². The Morgan fingerprint density at radius 2 is 2.10 bits per heavy atom. The molecule has 0 aromatic rings. The lowest BCUT2D eigenvalue weighted by Gasteiger charge is -2.14. The number of rotatable bonds is 0. The van der Waals surface area contributed by atoms with E-state index >= 15 is 0 Å². The molecule has 0 atom stereocenters. The second-order valence-corrected chi connectivity index (χ2v) is 3.21. The maximum absolute atomic E-state index is 11.2. The summed E-state index contributed by atoms with van der Waals surface area (Å²) in [7, 11) is 0. The zero-order valence-electron chi connectivity index (χ0n) is 5.85. The van der Waals surface area contributed by atoms with Gasteiger partial charge >= 0.3 is 0 Å². The minimum Gasteiger partial charge on any atom is -0.273 e. The SMILES string of the molecule is O=C1NOCC12CCCC2. The smallest absolute Gasteiger partial charge is 0.252 e. The van der Waals surface area contributed by atoms with E-state index in [4.69, 9.17) is 4.84 Å². The molecule has 1 saturated heterocycles. The molecule has 1 N–H and O–H groups in total. The van der Waals surface area contributed by atoms with Gasteiger partial charge in [0.05, 0.1) is 12.0 Å². The Hall–Kier alpha value is -0.570. The van der Waals surface area contributed by atoms with Gasteiger partial charge in [0.1, 0.15) is 0 Å². The summed E-state index contributed by atoms with van der Waals surface area (Å²) < 4.78 is 0. The van der Waals surface area contributed by atoms with Crippen molar-refractivity contribution in [2.45, 2.75) is 25.7 Å². The molecule has 2 fully saturated rings. The first-order valence-electron chi connectivity index (χ1n) is 3.76. The number of hydroxylamine groups is 1. The molecule has 2 rings (SSSR count). The second kappa shape index (κ2) is 1.95. The largest absolute Gasteiger partial charge is 0.273 e. The normalized spacial score (nSPS) is 29.4. The van der Waals surface area contributed by atoms with Crippen molar-refractivity contribution in [1.82, 2.24) is 5.48 Å². The van der Waals surface area contributed by atoms with Crippen molar-refractivity contribution in [3.63, 3.8) is 0 Å². The van der Waals surface area contributed by atoms with Gasteiger partial charge in [-0.1, -0.05) is 12.8 Å². The summed E-state index contributed by atoms with van der Waals surface area (Å²) in [4.78, 5) is 16.1. The van der Waals surface area contributed by atoms with E-state index < -0.39 is 0 Å².